The Morgan fingerprint density at radius 1 is 1.44 bits per heavy atom. The molecule has 1 heterocycles. The Balaban J connectivity index is 2.37. The van der Waals surface area contributed by atoms with Crippen molar-refractivity contribution in [3.63, 3.8) is 0 Å². The van der Waals surface area contributed by atoms with Crippen LogP contribution in [0.25, 0.3) is 0 Å². The third kappa shape index (κ3) is 4.19. The van der Waals surface area contributed by atoms with Gasteiger partial charge in [-0.05, 0) is 43.5 Å². The van der Waals surface area contributed by atoms with Crippen molar-refractivity contribution >= 4 is 5.91 Å². The first-order valence-corrected chi connectivity index (χ1v) is 8.94. The average molecular weight is 349 g/mol. The number of primary amides is 1. The van der Waals surface area contributed by atoms with Crippen LogP contribution in [-0.4, -0.2) is 56.8 Å². The number of hydrogen-bond acceptors (Lipinski definition) is 5. The lowest BCUT2D eigenvalue weighted by Gasteiger charge is -2.49. The molecule has 0 saturated heterocycles. The molecule has 1 saturated carbocycles. The number of carbonyl (C=O) groups excluding carboxylic acids is 1. The van der Waals surface area contributed by atoms with E-state index in [0.29, 0.717) is 18.4 Å². The van der Waals surface area contributed by atoms with Crippen LogP contribution in [0.1, 0.15) is 42.2 Å². The highest BCUT2D eigenvalue weighted by molar-refractivity contribution is 5.90. The minimum Gasteiger partial charge on any atom is -0.383 e. The predicted molar refractivity (Wildman–Crippen MR) is 97.3 cm³/mol. The van der Waals surface area contributed by atoms with E-state index in [4.69, 9.17) is 15.2 Å². The molecule has 1 aromatic heterocycles. The highest BCUT2D eigenvalue weighted by Gasteiger charge is 2.47. The van der Waals surface area contributed by atoms with Gasteiger partial charge in [-0.1, -0.05) is 13.3 Å². The van der Waals surface area contributed by atoms with Crippen LogP contribution < -0.4 is 5.73 Å². The monoisotopic (exact) mass is 349 g/mol. The number of hydrogen-bond donors (Lipinski definition) is 1. The van der Waals surface area contributed by atoms with E-state index in [-0.39, 0.29) is 5.69 Å². The zero-order chi connectivity index (χ0) is 18.4. The van der Waals surface area contributed by atoms with E-state index in [9.17, 15) is 4.79 Å². The zero-order valence-corrected chi connectivity index (χ0v) is 15.8. The molecule has 6 nitrogen and oxygen atoms in total. The summed E-state index contributed by atoms with van der Waals surface area (Å²) in [6, 6.07) is 3.76. The third-order valence-electron chi connectivity index (χ3n) is 5.54. The van der Waals surface area contributed by atoms with E-state index < -0.39 is 11.5 Å². The Labute approximate surface area is 150 Å². The standard InChI is InChI=1S/C19H31N3O3/c1-14-6-5-7-16(13-22(2)10-11-24-3)19(14,25-4)15-8-9-21-17(12-15)18(20)23/h8-9,12,14,16H,5-7,10-11,13H2,1-4H3,(H2,20,23). The molecule has 0 aromatic carbocycles. The van der Waals surface area contributed by atoms with Crippen LogP contribution in [0.3, 0.4) is 0 Å². The summed E-state index contributed by atoms with van der Waals surface area (Å²) < 4.78 is 11.4. The van der Waals surface area contributed by atoms with Crippen LogP contribution in [0.5, 0.6) is 0 Å². The van der Waals surface area contributed by atoms with Gasteiger partial charge in [0, 0.05) is 39.4 Å². The fraction of sp³-hybridized carbons (Fsp3) is 0.684. The van der Waals surface area contributed by atoms with E-state index in [1.54, 1.807) is 26.5 Å². The van der Waals surface area contributed by atoms with Crippen LogP contribution in [-0.2, 0) is 15.1 Å². The number of likely N-dealkylation sites (N-methyl/N-ethyl adjacent to an activating group) is 1. The highest BCUT2D eigenvalue weighted by Crippen LogP contribution is 2.48. The van der Waals surface area contributed by atoms with Gasteiger partial charge in [0.05, 0.1) is 12.2 Å². The molecular weight excluding hydrogens is 318 g/mol. The number of methoxy groups -OCH3 is 2. The summed E-state index contributed by atoms with van der Waals surface area (Å²) in [7, 11) is 5.60. The lowest BCUT2D eigenvalue weighted by atomic mass is 9.65. The third-order valence-corrected chi connectivity index (χ3v) is 5.54. The first-order chi connectivity index (χ1) is 12.0. The van der Waals surface area contributed by atoms with Crippen molar-refractivity contribution in [1.82, 2.24) is 9.88 Å². The minimum absolute atomic E-state index is 0.290. The van der Waals surface area contributed by atoms with Crippen molar-refractivity contribution in [1.29, 1.82) is 0 Å². The fourth-order valence-corrected chi connectivity index (χ4v) is 4.26. The Morgan fingerprint density at radius 3 is 2.84 bits per heavy atom. The SMILES string of the molecule is COCCN(C)CC1CCCC(C)C1(OC)c1ccnc(C(N)=O)c1. The van der Waals surface area contributed by atoms with Crippen molar-refractivity contribution in [3.05, 3.63) is 29.6 Å². The minimum atomic E-state index is -0.509. The molecular formula is C19H31N3O3. The van der Waals surface area contributed by atoms with Crippen molar-refractivity contribution < 1.29 is 14.3 Å². The number of nitrogens with zero attached hydrogens (tertiary/aromatic N) is 2. The van der Waals surface area contributed by atoms with E-state index in [1.165, 1.54) is 6.42 Å². The summed E-state index contributed by atoms with van der Waals surface area (Å²) in [5.41, 5.74) is 6.29. The molecule has 1 aromatic rings. The molecule has 25 heavy (non-hydrogen) atoms. The van der Waals surface area contributed by atoms with Gasteiger partial charge < -0.3 is 20.1 Å². The molecule has 1 fully saturated rings. The van der Waals surface area contributed by atoms with Crippen LogP contribution in [0.4, 0.5) is 0 Å². The number of rotatable bonds is 8. The van der Waals surface area contributed by atoms with Gasteiger partial charge in [0.25, 0.3) is 5.91 Å². The molecule has 1 aliphatic rings. The van der Waals surface area contributed by atoms with E-state index in [2.05, 4.69) is 23.9 Å². The van der Waals surface area contributed by atoms with Gasteiger partial charge in [0.1, 0.15) is 5.69 Å². The van der Waals surface area contributed by atoms with Crippen molar-refractivity contribution in [2.45, 2.75) is 31.8 Å². The molecule has 3 atom stereocenters. The summed E-state index contributed by atoms with van der Waals surface area (Å²) in [5, 5.41) is 0. The van der Waals surface area contributed by atoms with Gasteiger partial charge in [0.15, 0.2) is 0 Å². The van der Waals surface area contributed by atoms with E-state index in [0.717, 1.165) is 31.5 Å². The molecule has 0 spiro atoms. The molecule has 6 heteroatoms. The Morgan fingerprint density at radius 2 is 2.20 bits per heavy atom. The van der Waals surface area contributed by atoms with Crippen molar-refractivity contribution in [2.75, 3.05) is 41.0 Å². The smallest absolute Gasteiger partial charge is 0.267 e. The second kappa shape index (κ2) is 8.74. The Kier molecular flexibility index (Phi) is 6.93. The van der Waals surface area contributed by atoms with Crippen LogP contribution >= 0.6 is 0 Å². The summed E-state index contributed by atoms with van der Waals surface area (Å²) in [6.45, 7) is 4.73. The van der Waals surface area contributed by atoms with Gasteiger partial charge in [-0.3, -0.25) is 9.78 Å². The number of pyridine rings is 1. The Hall–Kier alpha value is -1.50. The highest BCUT2D eigenvalue weighted by atomic mass is 16.5. The predicted octanol–water partition coefficient (Wildman–Crippen LogP) is 2.04. The maximum absolute atomic E-state index is 11.6. The van der Waals surface area contributed by atoms with E-state index in [1.807, 2.05) is 6.07 Å². The van der Waals surface area contributed by atoms with Gasteiger partial charge in [-0.25, -0.2) is 0 Å². The molecule has 0 bridgehead atoms. The number of amides is 1. The molecule has 0 aliphatic heterocycles. The van der Waals surface area contributed by atoms with Gasteiger partial charge >= 0.3 is 0 Å². The maximum atomic E-state index is 11.6. The number of aromatic nitrogens is 1. The molecule has 1 aliphatic carbocycles. The van der Waals surface area contributed by atoms with Gasteiger partial charge in [0.2, 0.25) is 0 Å². The van der Waals surface area contributed by atoms with Crippen LogP contribution in [0.2, 0.25) is 0 Å². The Bertz CT molecular complexity index is 581. The van der Waals surface area contributed by atoms with Gasteiger partial charge in [-0.15, -0.1) is 0 Å². The average Bonchev–Trinajstić information content (AvgIpc) is 2.60. The summed E-state index contributed by atoms with van der Waals surface area (Å²) in [4.78, 5) is 18.0. The van der Waals surface area contributed by atoms with Crippen LogP contribution in [0, 0.1) is 11.8 Å². The quantitative estimate of drug-likeness (QED) is 0.777. The molecule has 140 valence electrons. The largest absolute Gasteiger partial charge is 0.383 e. The number of carbonyl (C=O) groups is 1. The summed E-state index contributed by atoms with van der Waals surface area (Å²) in [6.07, 6.45) is 5.02. The second-order valence-corrected chi connectivity index (χ2v) is 7.08. The lowest BCUT2D eigenvalue weighted by Crippen LogP contribution is -2.50. The number of ether oxygens (including phenoxy) is 2. The molecule has 2 rings (SSSR count). The zero-order valence-electron chi connectivity index (χ0n) is 15.8. The summed E-state index contributed by atoms with van der Waals surface area (Å²) in [5.74, 6) is 0.159. The lowest BCUT2D eigenvalue weighted by molar-refractivity contribution is -0.132. The summed E-state index contributed by atoms with van der Waals surface area (Å²) >= 11 is 0. The molecule has 1 amide bonds. The first kappa shape index (κ1) is 19.8. The van der Waals surface area contributed by atoms with E-state index >= 15 is 0 Å². The normalized spacial score (nSPS) is 26.8. The van der Waals surface area contributed by atoms with Gasteiger partial charge in [-0.2, -0.15) is 0 Å². The maximum Gasteiger partial charge on any atom is 0.267 e. The molecule has 0 radical (unpaired) electrons. The topological polar surface area (TPSA) is 77.7 Å². The van der Waals surface area contributed by atoms with Crippen molar-refractivity contribution in [2.24, 2.45) is 17.6 Å². The number of nitrogens with two attached hydrogens (primary N) is 1. The fourth-order valence-electron chi connectivity index (χ4n) is 4.26. The molecule has 2 N–H and O–H groups in total. The second-order valence-electron chi connectivity index (χ2n) is 7.08. The van der Waals surface area contributed by atoms with Crippen LogP contribution in [0.15, 0.2) is 18.3 Å². The van der Waals surface area contributed by atoms with Crippen molar-refractivity contribution in [3.8, 4) is 0 Å². The molecule has 3 unspecified atom stereocenters. The first-order valence-electron chi connectivity index (χ1n) is 8.94.